The molecule has 14 aromatic rings. The van der Waals surface area contributed by atoms with E-state index in [1.807, 2.05) is 12.1 Å². The molecule has 0 fully saturated rings. The Labute approximate surface area is 411 Å². The Bertz CT molecular complexity index is 4240. The number of benzene rings is 12. The van der Waals surface area contributed by atoms with Crippen LogP contribution in [0.15, 0.2) is 271 Å². The number of furan rings is 1. The highest BCUT2D eigenvalue weighted by atomic mass is 16.3. The molecule has 12 aromatic carbocycles. The lowest BCUT2D eigenvalue weighted by molar-refractivity contribution is 0.669. The van der Waals surface area contributed by atoms with Crippen LogP contribution < -0.4 is 4.90 Å². The minimum absolute atomic E-state index is 0.908. The van der Waals surface area contributed by atoms with Crippen molar-refractivity contribution in [3.63, 3.8) is 0 Å². The van der Waals surface area contributed by atoms with Crippen molar-refractivity contribution in [3.8, 4) is 50.2 Å². The minimum atomic E-state index is 0.908. The first kappa shape index (κ1) is 40.6. The van der Waals surface area contributed by atoms with Crippen LogP contribution >= 0.6 is 0 Å². The van der Waals surface area contributed by atoms with Gasteiger partial charge in [-0.1, -0.05) is 200 Å². The molecule has 0 N–H and O–H groups in total. The zero-order valence-electron chi connectivity index (χ0n) is 38.7. The van der Waals surface area contributed by atoms with Crippen molar-refractivity contribution in [1.29, 1.82) is 0 Å². The average Bonchev–Trinajstić information content (AvgIpc) is 4.00. The van der Waals surface area contributed by atoms with Gasteiger partial charge in [0.1, 0.15) is 11.2 Å². The summed E-state index contributed by atoms with van der Waals surface area (Å²) in [6.45, 7) is 0. The second kappa shape index (κ2) is 16.7. The van der Waals surface area contributed by atoms with Crippen molar-refractivity contribution in [3.05, 3.63) is 267 Å². The fourth-order valence-corrected chi connectivity index (χ4v) is 11.0. The molecule has 0 aliphatic heterocycles. The van der Waals surface area contributed by atoms with Crippen LogP contribution in [0.25, 0.3) is 115 Å². The molecular weight excluding hydrogens is 861 g/mol. The first-order valence-electron chi connectivity index (χ1n) is 24.3. The van der Waals surface area contributed by atoms with Gasteiger partial charge in [-0.2, -0.15) is 0 Å². The molecular formula is C68H44N2O. The van der Waals surface area contributed by atoms with Gasteiger partial charge in [0, 0.05) is 44.0 Å². The van der Waals surface area contributed by atoms with E-state index in [1.54, 1.807) is 0 Å². The summed E-state index contributed by atoms with van der Waals surface area (Å²) < 4.78 is 8.58. The molecule has 0 bridgehead atoms. The number of para-hydroxylation sites is 3. The van der Waals surface area contributed by atoms with Crippen LogP contribution in [0.1, 0.15) is 0 Å². The van der Waals surface area contributed by atoms with Crippen LogP contribution in [0.2, 0.25) is 0 Å². The summed E-state index contributed by atoms with van der Waals surface area (Å²) in [6.07, 6.45) is 0. The van der Waals surface area contributed by atoms with Crippen molar-refractivity contribution in [2.75, 3.05) is 4.90 Å². The molecule has 3 heteroatoms. The maximum absolute atomic E-state index is 6.21. The van der Waals surface area contributed by atoms with Crippen molar-refractivity contribution in [2.45, 2.75) is 0 Å². The maximum atomic E-state index is 6.21. The molecule has 0 saturated carbocycles. The largest absolute Gasteiger partial charge is 0.456 e. The Morgan fingerprint density at radius 1 is 0.296 bits per heavy atom. The Morgan fingerprint density at radius 3 is 1.30 bits per heavy atom. The van der Waals surface area contributed by atoms with Crippen LogP contribution in [-0.2, 0) is 0 Å². The van der Waals surface area contributed by atoms with Gasteiger partial charge in [-0.25, -0.2) is 0 Å². The van der Waals surface area contributed by atoms with Gasteiger partial charge >= 0.3 is 0 Å². The van der Waals surface area contributed by atoms with Crippen LogP contribution in [0.4, 0.5) is 17.1 Å². The molecule has 14 rings (SSSR count). The summed E-state index contributed by atoms with van der Waals surface area (Å²) in [5.74, 6) is 0. The monoisotopic (exact) mass is 904 g/mol. The summed E-state index contributed by atoms with van der Waals surface area (Å²) in [4.78, 5) is 2.41. The number of hydrogen-bond acceptors (Lipinski definition) is 2. The lowest BCUT2D eigenvalue weighted by Gasteiger charge is -2.28. The molecule has 0 radical (unpaired) electrons. The third-order valence-electron chi connectivity index (χ3n) is 14.4. The summed E-state index contributed by atoms with van der Waals surface area (Å²) in [5.41, 5.74) is 18.1. The van der Waals surface area contributed by atoms with E-state index in [-0.39, 0.29) is 0 Å². The fraction of sp³-hybridized carbons (Fsp3) is 0. The molecule has 0 aliphatic rings. The Hall–Kier alpha value is -9.44. The standard InChI is InChI=1S/C68H44N2O/c1-2-13-56-52(12-1)44-65(59-15-4-3-14-58(56)59)69(54-40-34-49(35-41-54)47-28-30-51(31-29-47)57-19-11-23-67-68(57)62-18-7-10-22-66(62)71-67)53-38-32-48(33-39-53)45-24-26-46(27-25-45)50-36-42-55(43-37-50)70-63-20-8-5-16-60(63)61-17-6-9-21-64(61)70/h1-44H. The van der Waals surface area contributed by atoms with Gasteiger partial charge in [0.05, 0.1) is 16.7 Å². The highest BCUT2D eigenvalue weighted by Gasteiger charge is 2.19. The minimum Gasteiger partial charge on any atom is -0.456 e. The van der Waals surface area contributed by atoms with E-state index >= 15 is 0 Å². The SMILES string of the molecule is c1ccc2c(c1)cc(N(c1ccc(-c3ccc(-c4ccc(-n5c6ccccc6c6ccccc65)cc4)cc3)cc1)c1ccc(-c3ccc(-c4cccc5oc6ccccc6c45)cc3)cc1)c1ccccc12. The average molecular weight is 905 g/mol. The van der Waals surface area contributed by atoms with Gasteiger partial charge in [-0.3, -0.25) is 0 Å². The number of fused-ring (bicyclic) bond motifs is 9. The zero-order valence-corrected chi connectivity index (χ0v) is 38.7. The van der Waals surface area contributed by atoms with Gasteiger partial charge in [-0.15, -0.1) is 0 Å². The summed E-state index contributed by atoms with van der Waals surface area (Å²) >= 11 is 0. The van der Waals surface area contributed by atoms with Crippen molar-refractivity contribution < 1.29 is 4.42 Å². The first-order valence-corrected chi connectivity index (χ1v) is 24.3. The molecule has 0 amide bonds. The van der Waals surface area contributed by atoms with E-state index in [2.05, 4.69) is 264 Å². The van der Waals surface area contributed by atoms with E-state index in [9.17, 15) is 0 Å². The number of nitrogens with zero attached hydrogens (tertiary/aromatic N) is 2. The molecule has 2 aromatic heterocycles. The van der Waals surface area contributed by atoms with Crippen LogP contribution in [0.3, 0.4) is 0 Å². The smallest absolute Gasteiger partial charge is 0.136 e. The number of rotatable bonds is 8. The topological polar surface area (TPSA) is 21.3 Å². The molecule has 71 heavy (non-hydrogen) atoms. The molecule has 0 saturated heterocycles. The quantitative estimate of drug-likeness (QED) is 0.142. The van der Waals surface area contributed by atoms with E-state index in [0.717, 1.165) is 55.8 Å². The first-order chi connectivity index (χ1) is 35.2. The van der Waals surface area contributed by atoms with Gasteiger partial charge in [-0.05, 0) is 127 Å². The molecule has 2 heterocycles. The van der Waals surface area contributed by atoms with E-state index in [4.69, 9.17) is 4.42 Å². The third kappa shape index (κ3) is 6.89. The lowest BCUT2D eigenvalue weighted by atomic mass is 9.96. The van der Waals surface area contributed by atoms with Crippen LogP contribution in [0, 0.1) is 0 Å². The molecule has 0 atom stereocenters. The zero-order chi connectivity index (χ0) is 46.8. The molecule has 0 aliphatic carbocycles. The fourth-order valence-electron chi connectivity index (χ4n) is 11.0. The third-order valence-corrected chi connectivity index (χ3v) is 14.4. The predicted molar refractivity (Wildman–Crippen MR) is 299 cm³/mol. The second-order valence-corrected chi connectivity index (χ2v) is 18.4. The second-order valence-electron chi connectivity index (χ2n) is 18.4. The predicted octanol–water partition coefficient (Wildman–Crippen LogP) is 19.1. The van der Waals surface area contributed by atoms with Crippen molar-refractivity contribution >= 4 is 82.4 Å². The Morgan fingerprint density at radius 2 is 0.718 bits per heavy atom. The van der Waals surface area contributed by atoms with Gasteiger partial charge < -0.3 is 13.9 Å². The van der Waals surface area contributed by atoms with Gasteiger partial charge in [0.15, 0.2) is 0 Å². The number of aromatic nitrogens is 1. The molecule has 0 spiro atoms. The highest BCUT2D eigenvalue weighted by Crippen LogP contribution is 2.44. The summed E-state index contributed by atoms with van der Waals surface area (Å²) in [5, 5.41) is 9.73. The van der Waals surface area contributed by atoms with Crippen LogP contribution in [0.5, 0.6) is 0 Å². The maximum Gasteiger partial charge on any atom is 0.136 e. The molecule has 3 nitrogen and oxygen atoms in total. The Balaban J connectivity index is 0.782. The van der Waals surface area contributed by atoms with Crippen molar-refractivity contribution in [2.24, 2.45) is 0 Å². The summed E-state index contributed by atoms with van der Waals surface area (Å²) in [6, 6.07) is 96.7. The number of hydrogen-bond donors (Lipinski definition) is 0. The molecule has 0 unspecified atom stereocenters. The van der Waals surface area contributed by atoms with E-state index < -0.39 is 0 Å². The van der Waals surface area contributed by atoms with Crippen LogP contribution in [-0.4, -0.2) is 4.57 Å². The summed E-state index contributed by atoms with van der Waals surface area (Å²) in [7, 11) is 0. The molecule has 332 valence electrons. The van der Waals surface area contributed by atoms with Gasteiger partial charge in [0.25, 0.3) is 0 Å². The highest BCUT2D eigenvalue weighted by molar-refractivity contribution is 6.15. The van der Waals surface area contributed by atoms with E-state index in [1.165, 1.54) is 76.7 Å². The number of anilines is 3. The normalized spacial score (nSPS) is 11.7. The Kier molecular flexibility index (Phi) is 9.53. The van der Waals surface area contributed by atoms with Gasteiger partial charge in [0.2, 0.25) is 0 Å². The lowest BCUT2D eigenvalue weighted by Crippen LogP contribution is -2.10. The van der Waals surface area contributed by atoms with E-state index in [0.29, 0.717) is 0 Å². The van der Waals surface area contributed by atoms with Crippen molar-refractivity contribution in [1.82, 2.24) is 4.57 Å².